The molecule has 0 saturated heterocycles. The lowest BCUT2D eigenvalue weighted by atomic mass is 10.0. The number of hydrogen-bond donors (Lipinski definition) is 1. The Balaban J connectivity index is 2.67. The maximum atomic E-state index is 14.0. The number of aromatic carboxylic acids is 1. The predicted molar refractivity (Wildman–Crippen MR) is 70.4 cm³/mol. The minimum Gasteiger partial charge on any atom is -0.477 e. The average Bonchev–Trinajstić information content (AvgIpc) is 2.43. The molecule has 2 heterocycles. The van der Waals surface area contributed by atoms with E-state index in [1.807, 2.05) is 0 Å². The highest BCUT2D eigenvalue weighted by molar-refractivity contribution is 5.97. The molecule has 1 aliphatic heterocycles. The molecule has 0 atom stereocenters. The molecule has 0 bridgehead atoms. The molecule has 1 aliphatic rings. The van der Waals surface area contributed by atoms with E-state index < -0.39 is 34.3 Å². The van der Waals surface area contributed by atoms with Crippen LogP contribution >= 0.6 is 0 Å². The Morgan fingerprint density at radius 1 is 1.29 bits per heavy atom. The van der Waals surface area contributed by atoms with Gasteiger partial charge in [0, 0.05) is 11.8 Å². The summed E-state index contributed by atoms with van der Waals surface area (Å²) in [5, 5.41) is 8.90. The van der Waals surface area contributed by atoms with Crippen molar-refractivity contribution in [1.82, 2.24) is 4.57 Å². The number of carbonyl (C=O) groups is 1. The second kappa shape index (κ2) is 4.15. The minimum absolute atomic E-state index is 0.0291. The Labute approximate surface area is 116 Å². The summed E-state index contributed by atoms with van der Waals surface area (Å²) in [6.07, 6.45) is 2.25. The van der Waals surface area contributed by atoms with Crippen LogP contribution in [0.2, 0.25) is 0 Å². The first-order chi connectivity index (χ1) is 9.84. The number of rotatable bonds is 1. The summed E-state index contributed by atoms with van der Waals surface area (Å²) in [5.74, 6) is -4.29. The van der Waals surface area contributed by atoms with Gasteiger partial charge >= 0.3 is 5.97 Å². The van der Waals surface area contributed by atoms with Crippen LogP contribution < -0.4 is 10.2 Å². The molecule has 21 heavy (non-hydrogen) atoms. The van der Waals surface area contributed by atoms with E-state index in [1.165, 1.54) is 11.5 Å². The number of ether oxygens (including phenoxy) is 1. The van der Waals surface area contributed by atoms with Crippen molar-refractivity contribution in [2.75, 3.05) is 0 Å². The lowest BCUT2D eigenvalue weighted by molar-refractivity contribution is 0.0695. The third kappa shape index (κ3) is 1.60. The molecule has 0 saturated carbocycles. The van der Waals surface area contributed by atoms with Crippen molar-refractivity contribution in [1.29, 1.82) is 0 Å². The van der Waals surface area contributed by atoms with Gasteiger partial charge in [-0.2, -0.15) is 4.39 Å². The lowest BCUT2D eigenvalue weighted by Gasteiger charge is -2.21. The fourth-order valence-electron chi connectivity index (χ4n) is 2.40. The summed E-state index contributed by atoms with van der Waals surface area (Å²) in [7, 11) is 0. The molecule has 0 radical (unpaired) electrons. The fourth-order valence-corrected chi connectivity index (χ4v) is 2.40. The first-order valence-electron chi connectivity index (χ1n) is 5.98. The highest BCUT2D eigenvalue weighted by atomic mass is 19.2. The molecule has 1 aromatic carbocycles. The Kier molecular flexibility index (Phi) is 2.62. The molecule has 0 amide bonds. The van der Waals surface area contributed by atoms with E-state index in [1.54, 1.807) is 6.92 Å². The first-order valence-corrected chi connectivity index (χ1v) is 5.98. The highest BCUT2D eigenvalue weighted by Gasteiger charge is 2.27. The van der Waals surface area contributed by atoms with E-state index in [4.69, 9.17) is 9.84 Å². The van der Waals surface area contributed by atoms with Gasteiger partial charge in [0.25, 0.3) is 0 Å². The Morgan fingerprint density at radius 2 is 1.95 bits per heavy atom. The maximum Gasteiger partial charge on any atom is 0.341 e. The van der Waals surface area contributed by atoms with Crippen LogP contribution in [-0.2, 0) is 0 Å². The second-order valence-corrected chi connectivity index (χ2v) is 4.73. The smallest absolute Gasteiger partial charge is 0.341 e. The number of pyridine rings is 1. The topological polar surface area (TPSA) is 68.5 Å². The van der Waals surface area contributed by atoms with Gasteiger partial charge < -0.3 is 14.4 Å². The Bertz CT molecular complexity index is 912. The van der Waals surface area contributed by atoms with Crippen molar-refractivity contribution in [2.45, 2.75) is 13.8 Å². The summed E-state index contributed by atoms with van der Waals surface area (Å²) in [6.45, 7) is 2.82. The summed E-state index contributed by atoms with van der Waals surface area (Å²) in [6, 6.07) is 0. The van der Waals surface area contributed by atoms with Crippen molar-refractivity contribution in [2.24, 2.45) is 0 Å². The SMILES string of the molecule is CC1=COc2c(F)c(F)c(C)c3c(=O)c(C(=O)O)cn1c23. The molecule has 2 aromatic rings. The Morgan fingerprint density at radius 3 is 2.57 bits per heavy atom. The minimum atomic E-state index is -1.43. The molecule has 5 nitrogen and oxygen atoms in total. The van der Waals surface area contributed by atoms with E-state index in [2.05, 4.69) is 0 Å². The number of halogens is 2. The summed E-state index contributed by atoms with van der Waals surface area (Å²) in [5.41, 5.74) is -1.16. The van der Waals surface area contributed by atoms with Crippen LogP contribution in [0.4, 0.5) is 8.78 Å². The van der Waals surface area contributed by atoms with Crippen LogP contribution in [0.5, 0.6) is 5.75 Å². The first kappa shape index (κ1) is 13.3. The van der Waals surface area contributed by atoms with Gasteiger partial charge in [0.15, 0.2) is 11.6 Å². The molecule has 3 rings (SSSR count). The van der Waals surface area contributed by atoms with Crippen molar-refractivity contribution in [3.05, 3.63) is 45.4 Å². The largest absolute Gasteiger partial charge is 0.477 e. The van der Waals surface area contributed by atoms with E-state index in [0.29, 0.717) is 5.70 Å². The van der Waals surface area contributed by atoms with Crippen molar-refractivity contribution < 1.29 is 23.4 Å². The molecular formula is C14H9F2NO4. The molecule has 108 valence electrons. The van der Waals surface area contributed by atoms with Crippen molar-refractivity contribution in [3.63, 3.8) is 0 Å². The van der Waals surface area contributed by atoms with Crippen molar-refractivity contribution in [3.8, 4) is 5.75 Å². The summed E-state index contributed by atoms with van der Waals surface area (Å²) in [4.78, 5) is 23.4. The van der Waals surface area contributed by atoms with Gasteiger partial charge in [0.1, 0.15) is 17.3 Å². The molecule has 0 unspecified atom stereocenters. The molecular weight excluding hydrogens is 284 g/mol. The highest BCUT2D eigenvalue weighted by Crippen LogP contribution is 2.36. The number of nitrogens with zero attached hydrogens (tertiary/aromatic N) is 1. The lowest BCUT2D eigenvalue weighted by Crippen LogP contribution is -2.22. The number of aromatic nitrogens is 1. The number of hydrogen-bond acceptors (Lipinski definition) is 3. The summed E-state index contributed by atoms with van der Waals surface area (Å²) >= 11 is 0. The molecule has 1 N–H and O–H groups in total. The Hall–Kier alpha value is -2.70. The quantitative estimate of drug-likeness (QED) is 0.877. The summed E-state index contributed by atoms with van der Waals surface area (Å²) < 4.78 is 34.2. The van der Waals surface area contributed by atoms with Crippen LogP contribution in [-0.4, -0.2) is 15.6 Å². The standard InChI is InChI=1S/C14H9F2NO4/c1-5-4-21-13-10(16)9(15)6(2)8-11(13)17(5)3-7(12(8)18)14(19)20/h3-4H,1-2H3,(H,19,20). The van der Waals surface area contributed by atoms with Gasteiger partial charge in [0.2, 0.25) is 11.2 Å². The van der Waals surface area contributed by atoms with Gasteiger partial charge in [-0.3, -0.25) is 4.79 Å². The van der Waals surface area contributed by atoms with E-state index in [-0.39, 0.29) is 16.5 Å². The van der Waals surface area contributed by atoms with Crippen LogP contribution in [0.1, 0.15) is 22.8 Å². The van der Waals surface area contributed by atoms with E-state index in [9.17, 15) is 18.4 Å². The van der Waals surface area contributed by atoms with Crippen molar-refractivity contribution >= 4 is 22.6 Å². The van der Waals surface area contributed by atoms with Gasteiger partial charge in [-0.1, -0.05) is 0 Å². The van der Waals surface area contributed by atoms with Gasteiger partial charge in [-0.25, -0.2) is 9.18 Å². The van der Waals surface area contributed by atoms with Crippen LogP contribution in [0.15, 0.2) is 17.3 Å². The number of carboxylic acids is 1. The monoisotopic (exact) mass is 293 g/mol. The molecule has 7 heteroatoms. The van der Waals surface area contributed by atoms with Crippen LogP contribution in [0, 0.1) is 18.6 Å². The van der Waals surface area contributed by atoms with Crippen LogP contribution in [0.3, 0.4) is 0 Å². The molecule has 0 fully saturated rings. The molecule has 0 spiro atoms. The normalized spacial score (nSPS) is 13.0. The van der Waals surface area contributed by atoms with E-state index in [0.717, 1.165) is 12.5 Å². The van der Waals surface area contributed by atoms with Gasteiger partial charge in [-0.05, 0) is 13.8 Å². The molecule has 0 aliphatic carbocycles. The zero-order valence-electron chi connectivity index (χ0n) is 11.0. The third-order valence-corrected chi connectivity index (χ3v) is 3.48. The number of benzene rings is 1. The average molecular weight is 293 g/mol. The fraction of sp³-hybridized carbons (Fsp3) is 0.143. The molecule has 1 aromatic heterocycles. The maximum absolute atomic E-state index is 14.0. The zero-order valence-corrected chi connectivity index (χ0v) is 11.0. The third-order valence-electron chi connectivity index (χ3n) is 3.48. The second-order valence-electron chi connectivity index (χ2n) is 4.73. The van der Waals surface area contributed by atoms with E-state index >= 15 is 0 Å². The van der Waals surface area contributed by atoms with Crippen LogP contribution in [0.25, 0.3) is 16.6 Å². The number of allylic oxidation sites excluding steroid dienone is 1. The zero-order chi connectivity index (χ0) is 15.5. The number of carboxylic acid groups (broad SMARTS) is 1. The number of aryl methyl sites for hydroxylation is 1. The van der Waals surface area contributed by atoms with Gasteiger partial charge in [-0.15, -0.1) is 0 Å². The van der Waals surface area contributed by atoms with Gasteiger partial charge in [0.05, 0.1) is 11.1 Å². The predicted octanol–water partition coefficient (Wildman–Crippen LogP) is 2.50.